The van der Waals surface area contributed by atoms with Crippen LogP contribution >= 0.6 is 39.0 Å². The van der Waals surface area contributed by atoms with Gasteiger partial charge in [-0.2, -0.15) is 0 Å². The molecule has 0 aliphatic carbocycles. The Morgan fingerprint density at radius 2 is 2.19 bits per heavy atom. The molecule has 0 fully saturated rings. The van der Waals surface area contributed by atoms with Crippen molar-refractivity contribution in [3.8, 4) is 0 Å². The Morgan fingerprint density at radius 1 is 1.42 bits per heavy atom. The summed E-state index contributed by atoms with van der Waals surface area (Å²) in [4.78, 5) is 27.2. The van der Waals surface area contributed by atoms with E-state index in [4.69, 9.17) is 4.42 Å². The van der Waals surface area contributed by atoms with Crippen molar-refractivity contribution in [3.63, 3.8) is 0 Å². The third kappa shape index (κ3) is 4.13. The van der Waals surface area contributed by atoms with Gasteiger partial charge in [0.05, 0.1) is 16.6 Å². The number of rotatable bonds is 7. The fourth-order valence-corrected chi connectivity index (χ4v) is 4.34. The normalized spacial score (nSPS) is 13.5. The highest BCUT2D eigenvalue weighted by Crippen LogP contribution is 2.29. The number of carbonyl (C=O) groups excluding carboxylic acids is 2. The summed E-state index contributed by atoms with van der Waals surface area (Å²) in [5.74, 6) is 0.399. The number of thiazole rings is 1. The first-order valence-corrected chi connectivity index (χ1v) is 10.4. The number of fused-ring (bicyclic) bond motifs is 1. The summed E-state index contributed by atoms with van der Waals surface area (Å²) in [5, 5.41) is 11.1. The number of carbonyl (C=O) groups is 2. The number of benzene rings is 1. The van der Waals surface area contributed by atoms with Gasteiger partial charge in [-0.05, 0) is 31.4 Å². The van der Waals surface area contributed by atoms with Gasteiger partial charge in [0.1, 0.15) is 9.75 Å². The van der Waals surface area contributed by atoms with Gasteiger partial charge in [0.2, 0.25) is 24.1 Å². The number of aromatic nitrogens is 3. The molecule has 2 aromatic heterocycles. The van der Waals surface area contributed by atoms with Crippen molar-refractivity contribution in [1.82, 2.24) is 20.5 Å². The van der Waals surface area contributed by atoms with Crippen molar-refractivity contribution in [2.75, 3.05) is 6.26 Å². The first-order chi connectivity index (χ1) is 12.4. The molecule has 2 heterocycles. The summed E-state index contributed by atoms with van der Waals surface area (Å²) in [7, 11) is 0. The predicted octanol–water partition coefficient (Wildman–Crippen LogP) is 2.97. The summed E-state index contributed by atoms with van der Waals surface area (Å²) in [5.41, 5.74) is 0.924. The van der Waals surface area contributed by atoms with Gasteiger partial charge in [0.15, 0.2) is 0 Å². The van der Waals surface area contributed by atoms with Crippen LogP contribution in [0.15, 0.2) is 27.1 Å². The molecule has 0 bridgehead atoms. The van der Waals surface area contributed by atoms with E-state index in [2.05, 4.69) is 36.4 Å². The average Bonchev–Trinajstić information content (AvgIpc) is 3.20. The third-order valence-electron chi connectivity index (χ3n) is 3.82. The summed E-state index contributed by atoms with van der Waals surface area (Å²) < 4.78 is 6.90. The minimum Gasteiger partial charge on any atom is -0.425 e. The van der Waals surface area contributed by atoms with Crippen LogP contribution in [0.3, 0.4) is 0 Å². The molecule has 136 valence electrons. The van der Waals surface area contributed by atoms with Gasteiger partial charge >= 0.3 is 0 Å². The predicted molar refractivity (Wildman–Crippen MR) is 104 cm³/mol. The zero-order valence-corrected chi connectivity index (χ0v) is 17.2. The van der Waals surface area contributed by atoms with Gasteiger partial charge in [-0.25, -0.2) is 4.98 Å². The minimum absolute atomic E-state index is 0.230. The number of nitrogens with zero attached hydrogens (tertiary/aromatic N) is 3. The lowest BCUT2D eigenvalue weighted by Crippen LogP contribution is -2.43. The fourth-order valence-electron chi connectivity index (χ4n) is 2.32. The molecule has 0 aliphatic heterocycles. The monoisotopic (exact) mass is 454 g/mol. The van der Waals surface area contributed by atoms with E-state index < -0.39 is 10.7 Å². The molecular weight excluding hydrogens is 440 g/mol. The second kappa shape index (κ2) is 7.85. The third-order valence-corrected chi connectivity index (χ3v) is 6.56. The molecule has 0 aliphatic rings. The van der Waals surface area contributed by atoms with E-state index in [0.29, 0.717) is 24.6 Å². The first kappa shape index (κ1) is 19.0. The summed E-state index contributed by atoms with van der Waals surface area (Å²) >= 11 is 6.34. The van der Waals surface area contributed by atoms with Crippen molar-refractivity contribution >= 4 is 61.6 Å². The van der Waals surface area contributed by atoms with Crippen molar-refractivity contribution in [2.45, 2.75) is 24.5 Å². The van der Waals surface area contributed by atoms with Crippen molar-refractivity contribution in [2.24, 2.45) is 0 Å². The Labute approximate surface area is 166 Å². The first-order valence-electron chi connectivity index (χ1n) is 7.59. The van der Waals surface area contributed by atoms with E-state index in [1.165, 1.54) is 11.8 Å². The van der Waals surface area contributed by atoms with Crippen LogP contribution in [0.4, 0.5) is 0 Å². The van der Waals surface area contributed by atoms with Gasteiger partial charge < -0.3 is 4.42 Å². The van der Waals surface area contributed by atoms with Gasteiger partial charge in [-0.1, -0.05) is 15.9 Å². The van der Waals surface area contributed by atoms with E-state index in [9.17, 15) is 9.59 Å². The van der Waals surface area contributed by atoms with E-state index in [1.807, 2.05) is 18.2 Å². The van der Waals surface area contributed by atoms with Crippen LogP contribution in [-0.4, -0.2) is 38.5 Å². The largest absolute Gasteiger partial charge is 0.425 e. The highest BCUT2D eigenvalue weighted by molar-refractivity contribution is 9.10. The number of thioether (sulfide) groups is 1. The summed E-state index contributed by atoms with van der Waals surface area (Å²) in [6, 6.07) is 5.92. The van der Waals surface area contributed by atoms with E-state index in [1.54, 1.807) is 24.5 Å². The van der Waals surface area contributed by atoms with Gasteiger partial charge in [-0.3, -0.25) is 14.9 Å². The Balaban J connectivity index is 1.74. The molecular formula is C16H15BrN4O3S2. The lowest BCUT2D eigenvalue weighted by atomic mass is 10.1. The molecule has 3 rings (SSSR count). The fraction of sp³-hybridized carbons (Fsp3) is 0.312. The van der Waals surface area contributed by atoms with Gasteiger partial charge in [0.25, 0.3) is 0 Å². The van der Waals surface area contributed by atoms with Crippen molar-refractivity contribution < 1.29 is 14.0 Å². The minimum atomic E-state index is -0.868. The molecule has 0 saturated carbocycles. The Bertz CT molecular complexity index is 958. The molecule has 1 aromatic carbocycles. The van der Waals surface area contributed by atoms with Crippen molar-refractivity contribution in [3.05, 3.63) is 39.5 Å². The Morgan fingerprint density at radius 3 is 2.92 bits per heavy atom. The van der Waals surface area contributed by atoms with Gasteiger partial charge in [-0.15, -0.1) is 33.3 Å². The summed E-state index contributed by atoms with van der Waals surface area (Å²) in [6.45, 7) is 1.73. The maximum atomic E-state index is 12.1. The second-order valence-corrected chi connectivity index (χ2v) is 9.03. The molecule has 26 heavy (non-hydrogen) atoms. The van der Waals surface area contributed by atoms with Crippen LogP contribution in [0.25, 0.3) is 10.2 Å². The van der Waals surface area contributed by atoms with Crippen molar-refractivity contribution in [1.29, 1.82) is 0 Å². The SMILES string of the molecule is CSC(C)(Cc1nnc(Cc2nc3ccc(Br)cc3s2)o1)C(=O)NC=O. The maximum absolute atomic E-state index is 12.1. The molecule has 7 nitrogen and oxygen atoms in total. The zero-order valence-electron chi connectivity index (χ0n) is 14.0. The smallest absolute Gasteiger partial charge is 0.242 e. The number of imide groups is 1. The quantitative estimate of drug-likeness (QED) is 0.547. The summed E-state index contributed by atoms with van der Waals surface area (Å²) in [6.07, 6.45) is 2.83. The molecule has 0 spiro atoms. The van der Waals surface area contributed by atoms with Crippen LogP contribution in [-0.2, 0) is 22.4 Å². The molecule has 2 amide bonds. The van der Waals surface area contributed by atoms with E-state index in [-0.39, 0.29) is 6.42 Å². The van der Waals surface area contributed by atoms with Crippen LogP contribution < -0.4 is 5.32 Å². The molecule has 0 saturated heterocycles. The van der Waals surface area contributed by atoms with Crippen LogP contribution in [0, 0.1) is 0 Å². The highest BCUT2D eigenvalue weighted by Gasteiger charge is 2.34. The molecule has 1 atom stereocenters. The Kier molecular flexibility index (Phi) is 5.73. The lowest BCUT2D eigenvalue weighted by Gasteiger charge is -2.22. The maximum Gasteiger partial charge on any atom is 0.242 e. The number of nitrogens with one attached hydrogen (secondary N) is 1. The second-order valence-electron chi connectivity index (χ2n) is 5.69. The molecule has 3 aromatic rings. The number of halogens is 1. The number of hydrogen-bond donors (Lipinski definition) is 1. The average molecular weight is 455 g/mol. The lowest BCUT2D eigenvalue weighted by molar-refractivity contribution is -0.126. The molecule has 10 heteroatoms. The standard InChI is InChI=1S/C16H15BrN4O3S2/c1-16(25-2,15(23)18-8-22)7-13-21-20-12(24-13)6-14-19-10-4-3-9(17)5-11(10)26-14/h3-5,8H,6-7H2,1-2H3,(H,18,22,23). The zero-order chi connectivity index (χ0) is 18.7. The van der Waals surface area contributed by atoms with E-state index >= 15 is 0 Å². The van der Waals surface area contributed by atoms with Crippen LogP contribution in [0.1, 0.15) is 23.7 Å². The van der Waals surface area contributed by atoms with Crippen LogP contribution in [0.5, 0.6) is 0 Å². The topological polar surface area (TPSA) is 98.0 Å². The number of hydrogen-bond acceptors (Lipinski definition) is 8. The number of amides is 2. The highest BCUT2D eigenvalue weighted by atomic mass is 79.9. The van der Waals surface area contributed by atoms with E-state index in [0.717, 1.165) is 19.7 Å². The molecule has 1 N–H and O–H groups in total. The molecule has 1 unspecified atom stereocenters. The van der Waals surface area contributed by atoms with Crippen LogP contribution in [0.2, 0.25) is 0 Å². The molecule has 0 radical (unpaired) electrons. The Hall–Kier alpha value is -1.78. The van der Waals surface area contributed by atoms with Gasteiger partial charge in [0, 0.05) is 10.9 Å².